The Bertz CT molecular complexity index is 1510. The molecule has 2 aliphatic rings. The summed E-state index contributed by atoms with van der Waals surface area (Å²) in [5.41, 5.74) is 7.20. The largest absolute Gasteiger partial charge is 0.341 e. The fraction of sp³-hybridized carbons (Fsp3) is 0.296. The Morgan fingerprint density at radius 1 is 0.639 bits per heavy atom. The summed E-state index contributed by atoms with van der Waals surface area (Å²) in [5, 5.41) is 6.96. The maximum atomic E-state index is 4.77. The number of aromatic nitrogens is 7. The molecule has 2 aliphatic heterocycles. The van der Waals surface area contributed by atoms with Crippen molar-refractivity contribution in [1.29, 1.82) is 0 Å². The minimum atomic E-state index is 0.306. The van der Waals surface area contributed by atoms with Crippen LogP contribution < -0.4 is 10.6 Å². The molecule has 2 unspecified atom stereocenters. The average molecular weight is 478 g/mol. The van der Waals surface area contributed by atoms with Crippen molar-refractivity contribution in [3.63, 3.8) is 0 Å². The summed E-state index contributed by atoms with van der Waals surface area (Å²) in [6, 6.07) is 11.0. The number of pyridine rings is 1. The minimum absolute atomic E-state index is 0.306. The molecule has 5 aromatic rings. The van der Waals surface area contributed by atoms with Crippen LogP contribution >= 0.6 is 0 Å². The first-order valence-corrected chi connectivity index (χ1v) is 12.6. The molecule has 0 aliphatic carbocycles. The Morgan fingerprint density at radius 3 is 1.92 bits per heavy atom. The van der Waals surface area contributed by atoms with E-state index in [-0.39, 0.29) is 0 Å². The molecule has 0 bridgehead atoms. The summed E-state index contributed by atoms with van der Waals surface area (Å²) in [7, 11) is 0. The topological polar surface area (TPSA) is 120 Å². The van der Waals surface area contributed by atoms with Gasteiger partial charge in [0.25, 0.3) is 0 Å². The maximum Gasteiger partial charge on any atom is 0.178 e. The molecule has 4 N–H and O–H groups in total. The highest BCUT2D eigenvalue weighted by atomic mass is 15.0. The molecular formula is C27H27N9. The average Bonchev–Trinajstić information content (AvgIpc) is 3.75. The van der Waals surface area contributed by atoms with E-state index < -0.39 is 0 Å². The van der Waals surface area contributed by atoms with Gasteiger partial charge < -0.3 is 20.6 Å². The Balaban J connectivity index is 1.11. The van der Waals surface area contributed by atoms with Crippen LogP contribution in [0.2, 0.25) is 0 Å². The highest BCUT2D eigenvalue weighted by Gasteiger charge is 2.20. The molecule has 2 atom stereocenters. The van der Waals surface area contributed by atoms with Gasteiger partial charge in [0, 0.05) is 17.3 Å². The van der Waals surface area contributed by atoms with Crippen LogP contribution in [0.3, 0.4) is 0 Å². The number of hydrogen-bond acceptors (Lipinski definition) is 7. The monoisotopic (exact) mass is 477 g/mol. The van der Waals surface area contributed by atoms with Gasteiger partial charge in [0.1, 0.15) is 17.2 Å². The van der Waals surface area contributed by atoms with Crippen molar-refractivity contribution in [3.05, 3.63) is 66.8 Å². The predicted octanol–water partition coefficient (Wildman–Crippen LogP) is 4.32. The number of nitrogens with one attached hydrogen (secondary N) is 4. The van der Waals surface area contributed by atoms with Gasteiger partial charge >= 0.3 is 0 Å². The summed E-state index contributed by atoms with van der Waals surface area (Å²) in [5.74, 6) is 1.99. The molecule has 0 saturated carbocycles. The maximum absolute atomic E-state index is 4.77. The van der Waals surface area contributed by atoms with Crippen LogP contribution in [0.25, 0.3) is 44.9 Å². The number of nitrogens with zero attached hydrogens (tertiary/aromatic N) is 5. The number of rotatable bonds is 5. The fourth-order valence-corrected chi connectivity index (χ4v) is 5.16. The SMILES string of the molecule is c1cc(-c2cnc(C3CCCN3)[nH]2)ccc1-c1cnc2cc(-c3cnc(C4CCCN4)[nH]3)cnc2n1. The van der Waals surface area contributed by atoms with Gasteiger partial charge in [-0.25, -0.2) is 19.9 Å². The fourth-order valence-electron chi connectivity index (χ4n) is 5.16. The standard InChI is InChI=1S/C27H27N9/c1-3-19(28-9-1)25-32-14-23(34-25)17-7-5-16(6-8-17)22-13-30-21-11-18(12-31-27(21)35-22)24-15-33-26(36-24)20-4-2-10-29-20/h5-8,11-15,19-20,28-29H,1-4,9-10H2,(H,32,34)(H,33,36). The van der Waals surface area contributed by atoms with Gasteiger partial charge in [-0.05, 0) is 50.4 Å². The third kappa shape index (κ3) is 3.96. The lowest BCUT2D eigenvalue weighted by Crippen LogP contribution is -2.14. The van der Waals surface area contributed by atoms with Crippen molar-refractivity contribution in [2.75, 3.05) is 13.1 Å². The highest BCUT2D eigenvalue weighted by Crippen LogP contribution is 2.28. The van der Waals surface area contributed by atoms with Crippen molar-refractivity contribution in [1.82, 2.24) is 45.5 Å². The molecule has 0 spiro atoms. The Labute approximate surface area is 208 Å². The Morgan fingerprint density at radius 2 is 1.28 bits per heavy atom. The van der Waals surface area contributed by atoms with Crippen molar-refractivity contribution in [3.8, 4) is 33.8 Å². The third-order valence-corrected chi connectivity index (χ3v) is 7.17. The number of imidazole rings is 2. The van der Waals surface area contributed by atoms with Gasteiger partial charge in [-0.1, -0.05) is 24.3 Å². The van der Waals surface area contributed by atoms with Gasteiger partial charge in [0.2, 0.25) is 0 Å². The van der Waals surface area contributed by atoms with E-state index in [1.165, 1.54) is 12.8 Å². The van der Waals surface area contributed by atoms with Crippen LogP contribution in [-0.4, -0.2) is 48.0 Å². The second-order valence-corrected chi connectivity index (χ2v) is 9.56. The normalized spacial score (nSPS) is 19.9. The van der Waals surface area contributed by atoms with Crippen LogP contribution in [-0.2, 0) is 0 Å². The molecule has 36 heavy (non-hydrogen) atoms. The zero-order valence-electron chi connectivity index (χ0n) is 19.8. The highest BCUT2D eigenvalue weighted by molar-refractivity contribution is 5.78. The van der Waals surface area contributed by atoms with Crippen LogP contribution in [0.15, 0.2) is 55.1 Å². The van der Waals surface area contributed by atoms with E-state index in [9.17, 15) is 0 Å². The third-order valence-electron chi connectivity index (χ3n) is 7.17. The minimum Gasteiger partial charge on any atom is -0.341 e. The first kappa shape index (κ1) is 21.3. The zero-order chi connectivity index (χ0) is 23.9. The molecule has 4 aromatic heterocycles. The summed E-state index contributed by atoms with van der Waals surface area (Å²) >= 11 is 0. The van der Waals surface area contributed by atoms with Crippen molar-refractivity contribution in [2.24, 2.45) is 0 Å². The lowest BCUT2D eigenvalue weighted by Gasteiger charge is -2.07. The molecule has 7 rings (SSSR count). The Hall–Kier alpha value is -3.95. The molecule has 180 valence electrons. The number of hydrogen-bond donors (Lipinski definition) is 4. The van der Waals surface area contributed by atoms with Gasteiger partial charge in [-0.2, -0.15) is 0 Å². The summed E-state index contributed by atoms with van der Waals surface area (Å²) < 4.78 is 0. The second kappa shape index (κ2) is 8.92. The zero-order valence-corrected chi connectivity index (χ0v) is 19.8. The molecule has 9 nitrogen and oxygen atoms in total. The second-order valence-electron chi connectivity index (χ2n) is 9.56. The molecule has 9 heteroatoms. The number of H-pyrrole nitrogens is 2. The predicted molar refractivity (Wildman–Crippen MR) is 138 cm³/mol. The van der Waals surface area contributed by atoms with E-state index in [0.717, 1.165) is 76.9 Å². The molecule has 0 radical (unpaired) electrons. The summed E-state index contributed by atoms with van der Waals surface area (Å²) in [6.45, 7) is 2.10. The van der Waals surface area contributed by atoms with E-state index >= 15 is 0 Å². The van der Waals surface area contributed by atoms with E-state index in [1.54, 1.807) is 0 Å². The van der Waals surface area contributed by atoms with Crippen LogP contribution in [0.4, 0.5) is 0 Å². The quantitative estimate of drug-likeness (QED) is 0.297. The van der Waals surface area contributed by atoms with Crippen molar-refractivity contribution in [2.45, 2.75) is 37.8 Å². The van der Waals surface area contributed by atoms with Crippen LogP contribution in [0.1, 0.15) is 49.4 Å². The number of aromatic amines is 2. The molecule has 2 fully saturated rings. The first-order chi connectivity index (χ1) is 17.8. The lowest BCUT2D eigenvalue weighted by molar-refractivity contribution is 0.613. The molecule has 0 amide bonds. The van der Waals surface area contributed by atoms with Gasteiger partial charge in [0.05, 0.1) is 47.8 Å². The molecule has 1 aromatic carbocycles. The van der Waals surface area contributed by atoms with Crippen molar-refractivity contribution < 1.29 is 0 Å². The van der Waals surface area contributed by atoms with Crippen molar-refractivity contribution >= 4 is 11.2 Å². The van der Waals surface area contributed by atoms with E-state index in [1.807, 2.05) is 30.9 Å². The molecule has 2 saturated heterocycles. The van der Waals surface area contributed by atoms with Gasteiger partial charge in [0.15, 0.2) is 5.65 Å². The van der Waals surface area contributed by atoms with E-state index in [0.29, 0.717) is 17.7 Å². The van der Waals surface area contributed by atoms with E-state index in [4.69, 9.17) is 4.98 Å². The first-order valence-electron chi connectivity index (χ1n) is 12.6. The summed E-state index contributed by atoms with van der Waals surface area (Å²) in [6.07, 6.45) is 12.0. The summed E-state index contributed by atoms with van der Waals surface area (Å²) in [4.78, 5) is 30.1. The van der Waals surface area contributed by atoms with Crippen LogP contribution in [0.5, 0.6) is 0 Å². The van der Waals surface area contributed by atoms with E-state index in [2.05, 4.69) is 64.8 Å². The van der Waals surface area contributed by atoms with Gasteiger partial charge in [-0.15, -0.1) is 0 Å². The number of benzene rings is 1. The molecule has 6 heterocycles. The smallest absolute Gasteiger partial charge is 0.178 e. The molecular weight excluding hydrogens is 450 g/mol. The van der Waals surface area contributed by atoms with Crippen LogP contribution in [0, 0.1) is 0 Å². The lowest BCUT2D eigenvalue weighted by atomic mass is 10.1. The van der Waals surface area contributed by atoms with Gasteiger partial charge in [-0.3, -0.25) is 4.98 Å². The number of fused-ring (bicyclic) bond motifs is 1. The Kier molecular flexibility index (Phi) is 5.29.